The Morgan fingerprint density at radius 3 is 2.65 bits per heavy atom. The highest BCUT2D eigenvalue weighted by atomic mass is 32.2. The van der Waals surface area contributed by atoms with Crippen molar-refractivity contribution in [3.05, 3.63) is 18.2 Å². The predicted octanol–water partition coefficient (Wildman–Crippen LogP) is 0.925. The van der Waals surface area contributed by atoms with E-state index in [1.54, 1.807) is 22.9 Å². The highest BCUT2D eigenvalue weighted by Crippen LogP contribution is 2.23. The molecule has 1 aromatic carbocycles. The van der Waals surface area contributed by atoms with Crippen molar-refractivity contribution in [1.29, 1.82) is 0 Å². The van der Waals surface area contributed by atoms with Crippen molar-refractivity contribution >= 4 is 27.1 Å². The molecular weight excluding hydrogens is 356 g/mol. The Morgan fingerprint density at radius 2 is 1.92 bits per heavy atom. The number of carbonyl (C=O) groups is 1. The summed E-state index contributed by atoms with van der Waals surface area (Å²) in [6.07, 6.45) is 2.68. The molecule has 0 bridgehead atoms. The van der Waals surface area contributed by atoms with Crippen LogP contribution in [0.3, 0.4) is 0 Å². The van der Waals surface area contributed by atoms with Gasteiger partial charge in [-0.2, -0.15) is 4.31 Å². The first-order valence-electron chi connectivity index (χ1n) is 8.87. The largest absolute Gasteiger partial charge is 0.338 e. The van der Waals surface area contributed by atoms with E-state index in [2.05, 4.69) is 20.9 Å². The Labute approximate surface area is 152 Å². The van der Waals surface area contributed by atoms with Crippen LogP contribution < -0.4 is 10.6 Å². The molecule has 1 fully saturated rings. The van der Waals surface area contributed by atoms with Crippen molar-refractivity contribution in [2.24, 2.45) is 0 Å². The van der Waals surface area contributed by atoms with Gasteiger partial charge in [0.25, 0.3) is 0 Å². The standard InChI is InChI=1S/C16H24N6O3S/c1-2-7-17-16(23)18-8-11-22-15-6-5-13(12-14(15)19-20-22)26(24,25)21-9-3-4-10-21/h5-6,12H,2-4,7-11H2,1H3,(H2,17,18,23). The van der Waals surface area contributed by atoms with Crippen LogP contribution in [0.1, 0.15) is 26.2 Å². The van der Waals surface area contributed by atoms with E-state index in [4.69, 9.17) is 0 Å². The Bertz CT molecular complexity index is 873. The summed E-state index contributed by atoms with van der Waals surface area (Å²) in [5.41, 5.74) is 1.27. The molecule has 2 N–H and O–H groups in total. The number of nitrogens with zero attached hydrogens (tertiary/aromatic N) is 4. The van der Waals surface area contributed by atoms with Crippen LogP contribution >= 0.6 is 0 Å². The SMILES string of the molecule is CCCNC(=O)NCCn1nnc2cc(S(=O)(=O)N3CCCC3)ccc21. The Morgan fingerprint density at radius 1 is 1.19 bits per heavy atom. The number of benzene rings is 1. The van der Waals surface area contributed by atoms with Gasteiger partial charge in [-0.05, 0) is 37.5 Å². The van der Waals surface area contributed by atoms with Crippen LogP contribution in [-0.4, -0.2) is 59.9 Å². The van der Waals surface area contributed by atoms with Crippen molar-refractivity contribution in [2.45, 2.75) is 37.6 Å². The molecule has 1 aliphatic heterocycles. The lowest BCUT2D eigenvalue weighted by atomic mass is 10.3. The molecule has 142 valence electrons. The van der Waals surface area contributed by atoms with Crippen LogP contribution in [0.2, 0.25) is 0 Å². The van der Waals surface area contributed by atoms with Crippen molar-refractivity contribution in [3.8, 4) is 0 Å². The molecule has 3 rings (SSSR count). The van der Waals surface area contributed by atoms with Crippen LogP contribution in [-0.2, 0) is 16.6 Å². The van der Waals surface area contributed by atoms with Crippen molar-refractivity contribution in [1.82, 2.24) is 29.9 Å². The molecule has 1 aliphatic rings. The molecule has 2 aromatic rings. The lowest BCUT2D eigenvalue weighted by Gasteiger charge is -2.15. The third-order valence-electron chi connectivity index (χ3n) is 4.33. The monoisotopic (exact) mass is 380 g/mol. The van der Waals surface area contributed by atoms with Gasteiger partial charge in [0.2, 0.25) is 10.0 Å². The van der Waals surface area contributed by atoms with Crippen molar-refractivity contribution < 1.29 is 13.2 Å². The number of amides is 2. The lowest BCUT2D eigenvalue weighted by Crippen LogP contribution is -2.37. The van der Waals surface area contributed by atoms with Gasteiger partial charge >= 0.3 is 6.03 Å². The lowest BCUT2D eigenvalue weighted by molar-refractivity contribution is 0.240. The minimum atomic E-state index is -3.47. The smallest absolute Gasteiger partial charge is 0.314 e. The molecule has 0 atom stereocenters. The van der Waals surface area contributed by atoms with E-state index >= 15 is 0 Å². The van der Waals surface area contributed by atoms with Gasteiger partial charge in [-0.15, -0.1) is 5.10 Å². The van der Waals surface area contributed by atoms with E-state index in [0.717, 1.165) is 24.8 Å². The summed E-state index contributed by atoms with van der Waals surface area (Å²) in [6.45, 7) is 4.61. The maximum atomic E-state index is 12.6. The van der Waals surface area contributed by atoms with E-state index in [0.29, 0.717) is 38.2 Å². The highest BCUT2D eigenvalue weighted by molar-refractivity contribution is 7.89. The molecule has 0 aliphatic carbocycles. The second kappa shape index (κ2) is 8.00. The Hall–Kier alpha value is -2.20. The molecule has 1 saturated heterocycles. The van der Waals surface area contributed by atoms with E-state index in [-0.39, 0.29) is 10.9 Å². The van der Waals surface area contributed by atoms with Crippen molar-refractivity contribution in [3.63, 3.8) is 0 Å². The van der Waals surface area contributed by atoms with Gasteiger partial charge in [0, 0.05) is 26.2 Å². The molecule has 9 nitrogen and oxygen atoms in total. The first kappa shape index (κ1) is 18.6. The molecular formula is C16H24N6O3S. The average molecular weight is 380 g/mol. The molecule has 0 spiro atoms. The third-order valence-corrected chi connectivity index (χ3v) is 6.23. The molecule has 1 aromatic heterocycles. The highest BCUT2D eigenvalue weighted by Gasteiger charge is 2.27. The minimum absolute atomic E-state index is 0.213. The van der Waals surface area contributed by atoms with Gasteiger partial charge in [0.1, 0.15) is 5.52 Å². The van der Waals surface area contributed by atoms with E-state index in [9.17, 15) is 13.2 Å². The van der Waals surface area contributed by atoms with Gasteiger partial charge in [0.15, 0.2) is 0 Å². The average Bonchev–Trinajstić information content (AvgIpc) is 3.30. The first-order valence-corrected chi connectivity index (χ1v) is 10.3. The number of hydrogen-bond acceptors (Lipinski definition) is 5. The fourth-order valence-electron chi connectivity index (χ4n) is 2.93. The molecule has 10 heteroatoms. The third kappa shape index (κ3) is 3.96. The number of carbonyl (C=O) groups excluding carboxylic acids is 1. The molecule has 0 unspecified atom stereocenters. The normalized spacial score (nSPS) is 15.4. The number of sulfonamides is 1. The van der Waals surface area contributed by atoms with Crippen LogP contribution in [0.25, 0.3) is 11.0 Å². The summed E-state index contributed by atoms with van der Waals surface area (Å²) in [7, 11) is -3.47. The summed E-state index contributed by atoms with van der Waals surface area (Å²) < 4.78 is 28.4. The number of aromatic nitrogens is 3. The summed E-state index contributed by atoms with van der Waals surface area (Å²) in [5.74, 6) is 0. The topological polar surface area (TPSA) is 109 Å². The minimum Gasteiger partial charge on any atom is -0.338 e. The number of nitrogens with one attached hydrogen (secondary N) is 2. The van der Waals surface area contributed by atoms with Crippen LogP contribution in [0.4, 0.5) is 4.79 Å². The van der Waals surface area contributed by atoms with E-state index in [1.807, 2.05) is 6.92 Å². The van der Waals surface area contributed by atoms with Gasteiger partial charge in [0.05, 0.1) is 17.0 Å². The number of rotatable bonds is 7. The predicted molar refractivity (Wildman–Crippen MR) is 97.2 cm³/mol. The summed E-state index contributed by atoms with van der Waals surface area (Å²) in [5, 5.41) is 13.6. The maximum absolute atomic E-state index is 12.6. The van der Waals surface area contributed by atoms with Gasteiger partial charge in [-0.25, -0.2) is 17.9 Å². The molecule has 0 saturated carbocycles. The summed E-state index contributed by atoms with van der Waals surface area (Å²) in [6, 6.07) is 4.66. The quantitative estimate of drug-likeness (QED) is 0.742. The Kier molecular flexibility index (Phi) is 5.72. The number of fused-ring (bicyclic) bond motifs is 1. The molecule has 26 heavy (non-hydrogen) atoms. The summed E-state index contributed by atoms with van der Waals surface area (Å²) in [4.78, 5) is 11.8. The number of urea groups is 1. The van der Waals surface area contributed by atoms with Crippen molar-refractivity contribution in [2.75, 3.05) is 26.2 Å². The fourth-order valence-corrected chi connectivity index (χ4v) is 4.47. The molecule has 2 amide bonds. The second-order valence-electron chi connectivity index (χ2n) is 6.26. The molecule has 0 radical (unpaired) electrons. The van der Waals surface area contributed by atoms with Crippen LogP contribution in [0.15, 0.2) is 23.1 Å². The van der Waals surface area contributed by atoms with Gasteiger partial charge < -0.3 is 10.6 Å². The zero-order valence-electron chi connectivity index (χ0n) is 14.8. The van der Waals surface area contributed by atoms with Gasteiger partial charge in [-0.1, -0.05) is 12.1 Å². The first-order chi connectivity index (χ1) is 12.5. The van der Waals surface area contributed by atoms with E-state index in [1.165, 1.54) is 4.31 Å². The van der Waals surface area contributed by atoms with Crippen LogP contribution in [0, 0.1) is 0 Å². The Balaban J connectivity index is 1.68. The second-order valence-corrected chi connectivity index (χ2v) is 8.19. The van der Waals surface area contributed by atoms with Crippen LogP contribution in [0.5, 0.6) is 0 Å². The van der Waals surface area contributed by atoms with Gasteiger partial charge in [-0.3, -0.25) is 0 Å². The van der Waals surface area contributed by atoms with E-state index < -0.39 is 10.0 Å². The number of hydrogen-bond donors (Lipinski definition) is 2. The summed E-state index contributed by atoms with van der Waals surface area (Å²) >= 11 is 0. The molecule has 2 heterocycles. The zero-order valence-corrected chi connectivity index (χ0v) is 15.6. The fraction of sp³-hybridized carbons (Fsp3) is 0.562. The zero-order chi connectivity index (χ0) is 18.6. The maximum Gasteiger partial charge on any atom is 0.314 e.